The molecule has 24 heavy (non-hydrogen) atoms. The van der Waals surface area contributed by atoms with Crippen molar-refractivity contribution < 1.29 is 19.0 Å². The molecule has 1 aromatic carbocycles. The summed E-state index contributed by atoms with van der Waals surface area (Å²) in [4.78, 5) is 19.2. The van der Waals surface area contributed by atoms with E-state index in [9.17, 15) is 4.79 Å². The third-order valence-corrected chi connectivity index (χ3v) is 4.01. The van der Waals surface area contributed by atoms with Crippen molar-refractivity contribution in [1.82, 2.24) is 9.97 Å². The highest BCUT2D eigenvalue weighted by Crippen LogP contribution is 2.38. The van der Waals surface area contributed by atoms with E-state index in [0.717, 1.165) is 5.52 Å². The van der Waals surface area contributed by atoms with Crippen molar-refractivity contribution >= 4 is 28.5 Å². The van der Waals surface area contributed by atoms with Gasteiger partial charge in [-0.25, -0.2) is 4.79 Å². The summed E-state index contributed by atoms with van der Waals surface area (Å²) in [6, 6.07) is 7.09. The van der Waals surface area contributed by atoms with E-state index >= 15 is 0 Å². The minimum atomic E-state index is -0.422. The molecule has 0 bridgehead atoms. The van der Waals surface area contributed by atoms with E-state index in [-0.39, 0.29) is 0 Å². The first-order valence-electron chi connectivity index (χ1n) is 7.07. The second kappa shape index (κ2) is 6.41. The topological polar surface area (TPSA) is 73.4 Å². The van der Waals surface area contributed by atoms with Crippen molar-refractivity contribution in [2.75, 3.05) is 21.3 Å². The van der Waals surface area contributed by atoms with Gasteiger partial charge in [0.15, 0.2) is 0 Å². The standard InChI is InChI=1S/C17H15ClN2O4/c1-22-15-5-4-9(16(20-15)23-2)10-6-11-12(17(21)24-3)8-19-14(11)7-13(10)18/h4-8,19H,1-3H3. The van der Waals surface area contributed by atoms with E-state index in [1.807, 2.05) is 12.1 Å². The fourth-order valence-electron chi connectivity index (χ4n) is 2.53. The van der Waals surface area contributed by atoms with Gasteiger partial charge in [-0.05, 0) is 18.2 Å². The van der Waals surface area contributed by atoms with Crippen molar-refractivity contribution in [3.8, 4) is 22.9 Å². The lowest BCUT2D eigenvalue weighted by Crippen LogP contribution is -1.99. The average molecular weight is 347 g/mol. The summed E-state index contributed by atoms with van der Waals surface area (Å²) in [5.41, 5.74) is 2.57. The van der Waals surface area contributed by atoms with Crippen LogP contribution >= 0.6 is 11.6 Å². The molecule has 7 heteroatoms. The molecule has 3 rings (SSSR count). The Kier molecular flexibility index (Phi) is 4.31. The smallest absolute Gasteiger partial charge is 0.340 e. The number of ether oxygens (including phenoxy) is 3. The number of rotatable bonds is 4. The van der Waals surface area contributed by atoms with Crippen molar-refractivity contribution in [2.24, 2.45) is 0 Å². The summed E-state index contributed by atoms with van der Waals surface area (Å²) in [5.74, 6) is 0.393. The average Bonchev–Trinajstić information content (AvgIpc) is 3.02. The number of carbonyl (C=O) groups excluding carboxylic acids is 1. The van der Waals surface area contributed by atoms with E-state index in [4.69, 9.17) is 25.8 Å². The normalized spacial score (nSPS) is 10.7. The van der Waals surface area contributed by atoms with Gasteiger partial charge in [0, 0.05) is 34.3 Å². The Bertz CT molecular complexity index is 920. The van der Waals surface area contributed by atoms with Gasteiger partial charge < -0.3 is 19.2 Å². The molecule has 0 aliphatic carbocycles. The van der Waals surface area contributed by atoms with Gasteiger partial charge in [0.1, 0.15) is 0 Å². The van der Waals surface area contributed by atoms with Gasteiger partial charge in [0.05, 0.1) is 31.9 Å². The number of hydrogen-bond donors (Lipinski definition) is 1. The lowest BCUT2D eigenvalue weighted by molar-refractivity contribution is 0.0603. The Morgan fingerprint density at radius 3 is 2.58 bits per heavy atom. The van der Waals surface area contributed by atoms with Crippen LogP contribution in [0.5, 0.6) is 11.8 Å². The second-order valence-corrected chi connectivity index (χ2v) is 5.39. The summed E-state index contributed by atoms with van der Waals surface area (Å²) >= 11 is 6.41. The molecule has 0 atom stereocenters. The lowest BCUT2D eigenvalue weighted by Gasteiger charge is -2.11. The number of esters is 1. The molecule has 1 N–H and O–H groups in total. The van der Waals surface area contributed by atoms with Crippen molar-refractivity contribution in [1.29, 1.82) is 0 Å². The van der Waals surface area contributed by atoms with Crippen LogP contribution in [0.25, 0.3) is 22.0 Å². The predicted octanol–water partition coefficient (Wildman–Crippen LogP) is 3.69. The number of carbonyl (C=O) groups is 1. The zero-order chi connectivity index (χ0) is 17.3. The number of halogens is 1. The highest BCUT2D eigenvalue weighted by atomic mass is 35.5. The molecule has 2 aromatic heterocycles. The first-order valence-corrected chi connectivity index (χ1v) is 7.45. The van der Waals surface area contributed by atoms with Crippen LogP contribution in [-0.2, 0) is 4.74 Å². The van der Waals surface area contributed by atoms with Crippen LogP contribution in [0.4, 0.5) is 0 Å². The molecule has 6 nitrogen and oxygen atoms in total. The van der Waals surface area contributed by atoms with Crippen LogP contribution in [0.3, 0.4) is 0 Å². The van der Waals surface area contributed by atoms with Crippen molar-refractivity contribution in [2.45, 2.75) is 0 Å². The van der Waals surface area contributed by atoms with Gasteiger partial charge in [-0.3, -0.25) is 0 Å². The fourth-order valence-corrected chi connectivity index (χ4v) is 2.79. The minimum Gasteiger partial charge on any atom is -0.481 e. The number of pyridine rings is 1. The Balaban J connectivity index is 2.22. The first-order chi connectivity index (χ1) is 11.6. The molecular weight excluding hydrogens is 332 g/mol. The van der Waals surface area contributed by atoms with Gasteiger partial charge in [-0.2, -0.15) is 4.98 Å². The molecule has 0 aliphatic heterocycles. The highest BCUT2D eigenvalue weighted by Gasteiger charge is 2.18. The third-order valence-electron chi connectivity index (χ3n) is 3.70. The van der Waals surface area contributed by atoms with Crippen LogP contribution in [0, 0.1) is 0 Å². The quantitative estimate of drug-likeness (QED) is 0.729. The maximum atomic E-state index is 11.9. The molecule has 0 fully saturated rings. The zero-order valence-corrected chi connectivity index (χ0v) is 14.1. The van der Waals surface area contributed by atoms with Crippen LogP contribution in [0.2, 0.25) is 5.02 Å². The molecular formula is C17H15ClN2O4. The SMILES string of the molecule is COC(=O)c1c[nH]c2cc(Cl)c(-c3ccc(OC)nc3OC)cc12. The van der Waals surface area contributed by atoms with Gasteiger partial charge in [-0.15, -0.1) is 0 Å². The van der Waals surface area contributed by atoms with Crippen LogP contribution < -0.4 is 9.47 Å². The first kappa shape index (κ1) is 16.1. The number of benzene rings is 1. The number of aromatic nitrogens is 2. The molecule has 0 amide bonds. The monoisotopic (exact) mass is 346 g/mol. The van der Waals surface area contributed by atoms with Crippen LogP contribution in [0.1, 0.15) is 10.4 Å². The molecule has 3 aromatic rings. The van der Waals surface area contributed by atoms with E-state index < -0.39 is 5.97 Å². The summed E-state index contributed by atoms with van der Waals surface area (Å²) in [7, 11) is 4.39. The van der Waals surface area contributed by atoms with Crippen molar-refractivity contribution in [3.63, 3.8) is 0 Å². The minimum absolute atomic E-state index is 0.380. The number of hydrogen-bond acceptors (Lipinski definition) is 5. The van der Waals surface area contributed by atoms with Gasteiger partial charge in [0.25, 0.3) is 0 Å². The molecule has 2 heterocycles. The summed E-state index contributed by atoms with van der Waals surface area (Å²) in [5, 5.41) is 1.21. The van der Waals surface area contributed by atoms with Gasteiger partial charge >= 0.3 is 5.97 Å². The number of nitrogens with one attached hydrogen (secondary N) is 1. The Morgan fingerprint density at radius 2 is 1.92 bits per heavy atom. The summed E-state index contributed by atoms with van der Waals surface area (Å²) in [6.07, 6.45) is 1.60. The van der Waals surface area contributed by atoms with E-state index in [1.54, 1.807) is 18.3 Å². The number of nitrogens with zero attached hydrogens (tertiary/aromatic N) is 1. The maximum Gasteiger partial charge on any atom is 0.340 e. The molecule has 0 unspecified atom stereocenters. The lowest BCUT2D eigenvalue weighted by atomic mass is 10.0. The van der Waals surface area contributed by atoms with Gasteiger partial charge in [-0.1, -0.05) is 11.6 Å². The number of H-pyrrole nitrogens is 1. The largest absolute Gasteiger partial charge is 0.481 e. The van der Waals surface area contributed by atoms with Crippen LogP contribution in [-0.4, -0.2) is 37.3 Å². The summed E-state index contributed by atoms with van der Waals surface area (Å²) < 4.78 is 15.3. The molecule has 0 spiro atoms. The van der Waals surface area contributed by atoms with E-state index in [2.05, 4.69) is 9.97 Å². The maximum absolute atomic E-state index is 11.9. The fraction of sp³-hybridized carbons (Fsp3) is 0.176. The van der Waals surface area contributed by atoms with E-state index in [1.165, 1.54) is 21.3 Å². The Morgan fingerprint density at radius 1 is 1.12 bits per heavy atom. The molecule has 124 valence electrons. The third kappa shape index (κ3) is 2.65. The molecule has 0 radical (unpaired) electrons. The predicted molar refractivity (Wildman–Crippen MR) is 91.0 cm³/mol. The Labute approximate surface area is 143 Å². The second-order valence-electron chi connectivity index (χ2n) is 4.98. The highest BCUT2D eigenvalue weighted by molar-refractivity contribution is 6.34. The van der Waals surface area contributed by atoms with Crippen LogP contribution in [0.15, 0.2) is 30.5 Å². The molecule has 0 saturated heterocycles. The van der Waals surface area contributed by atoms with E-state index in [0.29, 0.717) is 38.9 Å². The number of fused-ring (bicyclic) bond motifs is 1. The molecule has 0 aliphatic rings. The number of methoxy groups -OCH3 is 3. The molecule has 0 saturated carbocycles. The van der Waals surface area contributed by atoms with Crippen molar-refractivity contribution in [3.05, 3.63) is 41.0 Å². The van der Waals surface area contributed by atoms with Gasteiger partial charge in [0.2, 0.25) is 11.8 Å². The number of aromatic amines is 1. The Hall–Kier alpha value is -2.73. The zero-order valence-electron chi connectivity index (χ0n) is 13.3. The summed E-state index contributed by atoms with van der Waals surface area (Å²) in [6.45, 7) is 0.